The number of rotatable bonds is 4. The minimum absolute atomic E-state index is 0.0149. The van der Waals surface area contributed by atoms with E-state index in [1.807, 2.05) is 27.7 Å². The molecule has 84 valence electrons. The molecule has 0 aliphatic rings. The monoisotopic (exact) mass is 202 g/mol. The van der Waals surface area contributed by atoms with Crippen LogP contribution in [-0.2, 0) is 4.79 Å². The Balaban J connectivity index is 4.21. The molecule has 0 spiro atoms. The second-order valence-corrected chi connectivity index (χ2v) is 5.26. The topological polar surface area (TPSA) is 57.5 Å². The van der Waals surface area contributed by atoms with Gasteiger partial charge in [0.15, 0.2) is 0 Å². The third-order valence-corrected chi connectivity index (χ3v) is 2.57. The number of hydrogen-bond donors (Lipinski definition) is 2. The summed E-state index contributed by atoms with van der Waals surface area (Å²) in [7, 11) is 0. The molecule has 0 amide bonds. The second kappa shape index (κ2) is 4.78. The first-order valence-corrected chi connectivity index (χ1v) is 5.07. The van der Waals surface area contributed by atoms with E-state index in [0.29, 0.717) is 6.42 Å². The van der Waals surface area contributed by atoms with Gasteiger partial charge in [0.1, 0.15) is 0 Å². The standard InChI is InChI=1S/C11H22O3/c1-7(6-8(2)10(13)14)9(12)11(3,4)5/h7-9,12H,6H2,1-5H3,(H,13,14). The fourth-order valence-electron chi connectivity index (χ4n) is 1.64. The molecule has 3 nitrogen and oxygen atoms in total. The summed E-state index contributed by atoms with van der Waals surface area (Å²) in [6.07, 6.45) is 0.0672. The van der Waals surface area contributed by atoms with Crippen molar-refractivity contribution in [3.05, 3.63) is 0 Å². The summed E-state index contributed by atoms with van der Waals surface area (Å²) in [4.78, 5) is 10.6. The van der Waals surface area contributed by atoms with Gasteiger partial charge in [0, 0.05) is 0 Å². The van der Waals surface area contributed by atoms with Gasteiger partial charge in [-0.2, -0.15) is 0 Å². The molecule has 0 rings (SSSR count). The fraction of sp³-hybridized carbons (Fsp3) is 0.909. The summed E-state index contributed by atoms with van der Waals surface area (Å²) in [5, 5.41) is 18.6. The van der Waals surface area contributed by atoms with Crippen molar-refractivity contribution in [1.29, 1.82) is 0 Å². The average molecular weight is 202 g/mol. The first kappa shape index (κ1) is 13.4. The van der Waals surface area contributed by atoms with E-state index in [4.69, 9.17) is 5.11 Å². The van der Waals surface area contributed by atoms with E-state index in [-0.39, 0.29) is 17.3 Å². The summed E-state index contributed by atoms with van der Waals surface area (Å²) in [5.74, 6) is -1.17. The predicted octanol–water partition coefficient (Wildman–Crippen LogP) is 2.14. The van der Waals surface area contributed by atoms with Gasteiger partial charge in [-0.05, 0) is 17.8 Å². The van der Waals surface area contributed by atoms with Crippen LogP contribution in [0.1, 0.15) is 41.0 Å². The molecule has 3 heteroatoms. The maximum Gasteiger partial charge on any atom is 0.306 e. The molecule has 3 unspecified atom stereocenters. The van der Waals surface area contributed by atoms with Crippen molar-refractivity contribution >= 4 is 5.97 Å². The van der Waals surface area contributed by atoms with E-state index in [2.05, 4.69) is 0 Å². The third kappa shape index (κ3) is 4.09. The lowest BCUT2D eigenvalue weighted by Gasteiger charge is -2.31. The molecule has 0 aliphatic carbocycles. The van der Waals surface area contributed by atoms with E-state index in [0.717, 1.165) is 0 Å². The molecule has 0 fully saturated rings. The summed E-state index contributed by atoms with van der Waals surface area (Å²) >= 11 is 0. The molecule has 0 bridgehead atoms. The van der Waals surface area contributed by atoms with Gasteiger partial charge < -0.3 is 10.2 Å². The Labute approximate surface area is 86.1 Å². The van der Waals surface area contributed by atoms with Crippen molar-refractivity contribution in [1.82, 2.24) is 0 Å². The predicted molar refractivity (Wildman–Crippen MR) is 56.0 cm³/mol. The third-order valence-electron chi connectivity index (χ3n) is 2.57. The molecule has 14 heavy (non-hydrogen) atoms. The molecule has 2 N–H and O–H groups in total. The lowest BCUT2D eigenvalue weighted by molar-refractivity contribution is -0.142. The van der Waals surface area contributed by atoms with Gasteiger partial charge in [-0.3, -0.25) is 4.79 Å². The van der Waals surface area contributed by atoms with Gasteiger partial charge >= 0.3 is 5.97 Å². The number of aliphatic hydroxyl groups excluding tert-OH is 1. The Kier molecular flexibility index (Phi) is 4.59. The van der Waals surface area contributed by atoms with E-state index >= 15 is 0 Å². The van der Waals surface area contributed by atoms with E-state index < -0.39 is 12.1 Å². The molecule has 0 aromatic heterocycles. The van der Waals surface area contributed by atoms with Crippen LogP contribution in [0.3, 0.4) is 0 Å². The maximum atomic E-state index is 10.6. The van der Waals surface area contributed by atoms with Gasteiger partial charge in [0.2, 0.25) is 0 Å². The van der Waals surface area contributed by atoms with Crippen LogP contribution in [0.15, 0.2) is 0 Å². The Morgan fingerprint density at radius 2 is 1.71 bits per heavy atom. The molecule has 0 saturated carbocycles. The molecule has 0 heterocycles. The highest BCUT2D eigenvalue weighted by atomic mass is 16.4. The Hall–Kier alpha value is -0.570. The molecular weight excluding hydrogens is 180 g/mol. The van der Waals surface area contributed by atoms with E-state index in [9.17, 15) is 9.90 Å². The fourth-order valence-corrected chi connectivity index (χ4v) is 1.64. The largest absolute Gasteiger partial charge is 0.481 e. The highest BCUT2D eigenvalue weighted by Crippen LogP contribution is 2.28. The molecule has 3 atom stereocenters. The Bertz CT molecular complexity index is 193. The molecular formula is C11H22O3. The minimum Gasteiger partial charge on any atom is -0.481 e. The highest BCUT2D eigenvalue weighted by Gasteiger charge is 2.29. The second-order valence-electron chi connectivity index (χ2n) is 5.26. The lowest BCUT2D eigenvalue weighted by atomic mass is 9.79. The number of carboxylic acids is 1. The molecule has 0 radical (unpaired) electrons. The van der Waals surface area contributed by atoms with Crippen LogP contribution >= 0.6 is 0 Å². The van der Waals surface area contributed by atoms with Crippen LogP contribution in [0.4, 0.5) is 0 Å². The van der Waals surface area contributed by atoms with Crippen molar-refractivity contribution < 1.29 is 15.0 Å². The van der Waals surface area contributed by atoms with Gasteiger partial charge in [-0.15, -0.1) is 0 Å². The van der Waals surface area contributed by atoms with Crippen LogP contribution in [0.2, 0.25) is 0 Å². The van der Waals surface area contributed by atoms with Crippen LogP contribution in [0.5, 0.6) is 0 Å². The van der Waals surface area contributed by atoms with Crippen molar-refractivity contribution in [3.8, 4) is 0 Å². The number of carbonyl (C=O) groups is 1. The summed E-state index contributed by atoms with van der Waals surface area (Å²) < 4.78 is 0. The van der Waals surface area contributed by atoms with Gasteiger partial charge in [0.05, 0.1) is 12.0 Å². The normalized spacial score (nSPS) is 18.7. The van der Waals surface area contributed by atoms with E-state index in [1.54, 1.807) is 6.92 Å². The first-order valence-electron chi connectivity index (χ1n) is 5.07. The SMILES string of the molecule is CC(CC(C)C(O)C(C)(C)C)C(=O)O. The minimum atomic E-state index is -0.794. The van der Waals surface area contributed by atoms with Crippen molar-refractivity contribution in [2.75, 3.05) is 0 Å². The number of aliphatic hydroxyl groups is 1. The average Bonchev–Trinajstić information content (AvgIpc) is 2.00. The van der Waals surface area contributed by atoms with Crippen LogP contribution in [-0.4, -0.2) is 22.3 Å². The number of carboxylic acid groups (broad SMARTS) is 1. The van der Waals surface area contributed by atoms with Gasteiger partial charge in [0.25, 0.3) is 0 Å². The maximum absolute atomic E-state index is 10.6. The zero-order valence-corrected chi connectivity index (χ0v) is 9.74. The Morgan fingerprint density at radius 3 is 2.00 bits per heavy atom. The van der Waals surface area contributed by atoms with Gasteiger partial charge in [-0.1, -0.05) is 34.6 Å². The zero-order chi connectivity index (χ0) is 11.5. The Morgan fingerprint density at radius 1 is 1.29 bits per heavy atom. The van der Waals surface area contributed by atoms with Crippen LogP contribution in [0.25, 0.3) is 0 Å². The van der Waals surface area contributed by atoms with Gasteiger partial charge in [-0.25, -0.2) is 0 Å². The van der Waals surface area contributed by atoms with Crippen LogP contribution < -0.4 is 0 Å². The first-order chi connectivity index (χ1) is 6.16. The summed E-state index contributed by atoms with van der Waals surface area (Å²) in [6, 6.07) is 0. The molecule has 0 saturated heterocycles. The molecule has 0 aliphatic heterocycles. The summed E-state index contributed by atoms with van der Waals surface area (Å²) in [5.41, 5.74) is -0.183. The number of hydrogen-bond acceptors (Lipinski definition) is 2. The van der Waals surface area contributed by atoms with Crippen molar-refractivity contribution in [2.24, 2.45) is 17.3 Å². The zero-order valence-electron chi connectivity index (χ0n) is 9.74. The quantitative estimate of drug-likeness (QED) is 0.734. The number of aliphatic carboxylic acids is 1. The van der Waals surface area contributed by atoms with Crippen molar-refractivity contribution in [3.63, 3.8) is 0 Å². The van der Waals surface area contributed by atoms with Crippen molar-refractivity contribution in [2.45, 2.75) is 47.1 Å². The summed E-state index contributed by atoms with van der Waals surface area (Å²) in [6.45, 7) is 9.45. The van der Waals surface area contributed by atoms with E-state index in [1.165, 1.54) is 0 Å². The smallest absolute Gasteiger partial charge is 0.306 e. The molecule has 0 aromatic rings. The lowest BCUT2D eigenvalue weighted by Crippen LogP contribution is -2.34. The van der Waals surface area contributed by atoms with Crippen LogP contribution in [0, 0.1) is 17.3 Å². The molecule has 0 aromatic carbocycles. The highest BCUT2D eigenvalue weighted by molar-refractivity contribution is 5.69.